The summed E-state index contributed by atoms with van der Waals surface area (Å²) in [5, 5.41) is 0. The lowest BCUT2D eigenvalue weighted by molar-refractivity contribution is 0.316. The highest BCUT2D eigenvalue weighted by molar-refractivity contribution is 5.28. The molecule has 0 spiro atoms. The first-order chi connectivity index (χ1) is 6.76. The second-order valence-corrected chi connectivity index (χ2v) is 3.23. The van der Waals surface area contributed by atoms with Crippen molar-refractivity contribution in [3.63, 3.8) is 0 Å². The maximum atomic E-state index is 13.2. The Labute approximate surface area is 83.9 Å². The van der Waals surface area contributed by atoms with Crippen molar-refractivity contribution in [3.8, 4) is 5.75 Å². The van der Waals surface area contributed by atoms with Crippen LogP contribution < -0.4 is 10.5 Å². The highest BCUT2D eigenvalue weighted by Crippen LogP contribution is 2.15. The Balaban J connectivity index is 2.57. The van der Waals surface area contributed by atoms with Crippen LogP contribution in [-0.2, 0) is 6.42 Å². The van der Waals surface area contributed by atoms with Gasteiger partial charge < -0.3 is 10.5 Å². The summed E-state index contributed by atoms with van der Waals surface area (Å²) in [7, 11) is 1.60. The molecule has 0 fully saturated rings. The minimum Gasteiger partial charge on any atom is -0.497 e. The van der Waals surface area contributed by atoms with Gasteiger partial charge in [0, 0.05) is 6.42 Å². The van der Waals surface area contributed by atoms with Gasteiger partial charge in [0.1, 0.15) is 11.9 Å². The van der Waals surface area contributed by atoms with Gasteiger partial charge in [0.15, 0.2) is 0 Å². The molecule has 1 unspecified atom stereocenters. The molecule has 0 aliphatic carbocycles. The Morgan fingerprint density at radius 1 is 1.50 bits per heavy atom. The predicted molar refractivity (Wildman–Crippen MR) is 55.3 cm³/mol. The van der Waals surface area contributed by atoms with E-state index in [-0.39, 0.29) is 0 Å². The van der Waals surface area contributed by atoms with Crippen LogP contribution in [0.5, 0.6) is 5.75 Å². The molecule has 0 aliphatic heterocycles. The molecule has 1 rings (SSSR count). The van der Waals surface area contributed by atoms with Crippen molar-refractivity contribution in [2.75, 3.05) is 13.7 Å². The van der Waals surface area contributed by atoms with Gasteiger partial charge >= 0.3 is 0 Å². The van der Waals surface area contributed by atoms with Crippen molar-refractivity contribution in [2.24, 2.45) is 5.73 Å². The van der Waals surface area contributed by atoms with Crippen molar-refractivity contribution in [1.82, 2.24) is 0 Å². The second-order valence-electron chi connectivity index (χ2n) is 3.23. The average molecular weight is 197 g/mol. The number of halogens is 1. The lowest BCUT2D eigenvalue weighted by atomic mass is 10.1. The summed E-state index contributed by atoms with van der Waals surface area (Å²) in [6.45, 7) is 0.394. The van der Waals surface area contributed by atoms with Crippen molar-refractivity contribution in [1.29, 1.82) is 0 Å². The molecule has 0 bridgehead atoms. The van der Waals surface area contributed by atoms with Gasteiger partial charge in [-0.15, -0.1) is 0 Å². The fourth-order valence-electron chi connectivity index (χ4n) is 1.34. The molecular weight excluding hydrogens is 181 g/mol. The van der Waals surface area contributed by atoms with E-state index in [1.54, 1.807) is 7.11 Å². The van der Waals surface area contributed by atoms with Crippen molar-refractivity contribution in [2.45, 2.75) is 19.0 Å². The molecule has 78 valence electrons. The van der Waals surface area contributed by atoms with Crippen LogP contribution in [0.2, 0.25) is 0 Å². The number of nitrogens with two attached hydrogens (primary N) is 1. The molecular formula is C11H16FNO. The van der Waals surface area contributed by atoms with E-state index in [4.69, 9.17) is 10.5 Å². The van der Waals surface area contributed by atoms with Crippen LogP contribution in [-0.4, -0.2) is 19.8 Å². The molecule has 1 atom stereocenters. The Bertz CT molecular complexity index is 278. The second kappa shape index (κ2) is 5.60. The van der Waals surface area contributed by atoms with Crippen LogP contribution in [0.1, 0.15) is 12.0 Å². The summed E-state index contributed by atoms with van der Waals surface area (Å²) >= 11 is 0. The average Bonchev–Trinajstić information content (AvgIpc) is 2.18. The highest BCUT2D eigenvalue weighted by atomic mass is 19.1. The van der Waals surface area contributed by atoms with Gasteiger partial charge in [0.25, 0.3) is 0 Å². The number of methoxy groups -OCH3 is 1. The number of rotatable bonds is 5. The maximum Gasteiger partial charge on any atom is 0.119 e. The third-order valence-electron chi connectivity index (χ3n) is 2.07. The first-order valence-corrected chi connectivity index (χ1v) is 4.73. The van der Waals surface area contributed by atoms with E-state index in [0.29, 0.717) is 19.4 Å². The molecule has 0 aromatic heterocycles. The lowest BCUT2D eigenvalue weighted by Gasteiger charge is -2.07. The molecule has 0 amide bonds. The summed E-state index contributed by atoms with van der Waals surface area (Å²) in [5.41, 5.74) is 6.22. The van der Waals surface area contributed by atoms with Crippen LogP contribution in [0.3, 0.4) is 0 Å². The largest absolute Gasteiger partial charge is 0.497 e. The number of ether oxygens (including phenoxy) is 1. The molecule has 2 nitrogen and oxygen atoms in total. The number of hydrogen-bond acceptors (Lipinski definition) is 2. The van der Waals surface area contributed by atoms with Crippen LogP contribution in [0, 0.1) is 0 Å². The Morgan fingerprint density at radius 2 is 2.29 bits per heavy atom. The molecule has 1 aromatic carbocycles. The summed E-state index contributed by atoms with van der Waals surface area (Å²) in [5.74, 6) is 0.766. The van der Waals surface area contributed by atoms with E-state index in [1.165, 1.54) is 0 Å². The third-order valence-corrected chi connectivity index (χ3v) is 2.07. The Kier molecular flexibility index (Phi) is 4.40. The van der Waals surface area contributed by atoms with E-state index < -0.39 is 6.17 Å². The number of benzene rings is 1. The zero-order chi connectivity index (χ0) is 10.4. The van der Waals surface area contributed by atoms with Crippen LogP contribution >= 0.6 is 0 Å². The van der Waals surface area contributed by atoms with Crippen LogP contribution in [0.15, 0.2) is 24.3 Å². The van der Waals surface area contributed by atoms with Gasteiger partial charge in [0.2, 0.25) is 0 Å². The van der Waals surface area contributed by atoms with Crippen LogP contribution in [0.4, 0.5) is 4.39 Å². The summed E-state index contributed by atoms with van der Waals surface area (Å²) < 4.78 is 18.3. The summed E-state index contributed by atoms with van der Waals surface area (Å²) in [4.78, 5) is 0. The summed E-state index contributed by atoms with van der Waals surface area (Å²) in [6, 6.07) is 7.46. The molecule has 14 heavy (non-hydrogen) atoms. The fourth-order valence-corrected chi connectivity index (χ4v) is 1.34. The predicted octanol–water partition coefficient (Wildman–Crippen LogP) is 1.92. The smallest absolute Gasteiger partial charge is 0.119 e. The molecule has 0 aliphatic rings. The lowest BCUT2D eigenvalue weighted by Crippen LogP contribution is -2.11. The van der Waals surface area contributed by atoms with Crippen molar-refractivity contribution >= 4 is 0 Å². The topological polar surface area (TPSA) is 35.2 Å². The normalized spacial score (nSPS) is 12.5. The minimum absolute atomic E-state index is 0.394. The third kappa shape index (κ3) is 3.34. The summed E-state index contributed by atoms with van der Waals surface area (Å²) in [6.07, 6.45) is -0.0295. The van der Waals surface area contributed by atoms with Gasteiger partial charge in [-0.05, 0) is 30.7 Å². The molecule has 2 N–H and O–H groups in total. The van der Waals surface area contributed by atoms with E-state index in [1.807, 2.05) is 24.3 Å². The van der Waals surface area contributed by atoms with E-state index >= 15 is 0 Å². The fraction of sp³-hybridized carbons (Fsp3) is 0.455. The molecule has 1 aromatic rings. The zero-order valence-corrected chi connectivity index (χ0v) is 8.37. The molecule has 0 saturated carbocycles. The van der Waals surface area contributed by atoms with Crippen LogP contribution in [0.25, 0.3) is 0 Å². The van der Waals surface area contributed by atoms with E-state index in [2.05, 4.69) is 0 Å². The maximum absolute atomic E-state index is 13.2. The Hall–Kier alpha value is -1.09. The molecule has 0 saturated heterocycles. The van der Waals surface area contributed by atoms with E-state index in [9.17, 15) is 4.39 Å². The van der Waals surface area contributed by atoms with Gasteiger partial charge in [-0.1, -0.05) is 12.1 Å². The molecule has 3 heteroatoms. The first kappa shape index (κ1) is 11.0. The van der Waals surface area contributed by atoms with Crippen molar-refractivity contribution < 1.29 is 9.13 Å². The molecule has 0 radical (unpaired) electrons. The minimum atomic E-state index is -0.855. The number of hydrogen-bond donors (Lipinski definition) is 1. The SMILES string of the molecule is COc1cccc(CC(F)CCN)c1. The number of alkyl halides is 1. The standard InChI is InChI=1S/C11H16FNO/c1-14-11-4-2-3-9(8-11)7-10(12)5-6-13/h2-4,8,10H,5-7,13H2,1H3. The van der Waals surface area contributed by atoms with Gasteiger partial charge in [0.05, 0.1) is 7.11 Å². The van der Waals surface area contributed by atoms with Gasteiger partial charge in [-0.2, -0.15) is 0 Å². The highest BCUT2D eigenvalue weighted by Gasteiger charge is 2.06. The van der Waals surface area contributed by atoms with Crippen molar-refractivity contribution in [3.05, 3.63) is 29.8 Å². The zero-order valence-electron chi connectivity index (χ0n) is 8.37. The quantitative estimate of drug-likeness (QED) is 0.782. The van der Waals surface area contributed by atoms with Gasteiger partial charge in [-0.25, -0.2) is 4.39 Å². The first-order valence-electron chi connectivity index (χ1n) is 4.73. The molecule has 0 heterocycles. The monoisotopic (exact) mass is 197 g/mol. The van der Waals surface area contributed by atoms with Gasteiger partial charge in [-0.3, -0.25) is 0 Å². The Morgan fingerprint density at radius 3 is 2.93 bits per heavy atom. The van der Waals surface area contributed by atoms with E-state index in [0.717, 1.165) is 11.3 Å².